The molecule has 0 aliphatic carbocycles. The van der Waals surface area contributed by atoms with Gasteiger partial charge < -0.3 is 14.3 Å². The van der Waals surface area contributed by atoms with Crippen LogP contribution in [0.5, 0.6) is 5.75 Å². The van der Waals surface area contributed by atoms with Crippen molar-refractivity contribution in [1.82, 2.24) is 4.98 Å². The highest BCUT2D eigenvalue weighted by Gasteiger charge is 2.12. The highest BCUT2D eigenvalue weighted by molar-refractivity contribution is 5.70. The number of oxazole rings is 1. The van der Waals surface area contributed by atoms with Gasteiger partial charge in [0.05, 0.1) is 30.4 Å². The molecule has 0 spiro atoms. The predicted molar refractivity (Wildman–Crippen MR) is 98.4 cm³/mol. The summed E-state index contributed by atoms with van der Waals surface area (Å²) in [4.78, 5) is 15.3. The number of nitriles is 1. The van der Waals surface area contributed by atoms with Crippen molar-refractivity contribution in [3.05, 3.63) is 71.1 Å². The van der Waals surface area contributed by atoms with E-state index in [0.29, 0.717) is 35.8 Å². The van der Waals surface area contributed by atoms with Crippen molar-refractivity contribution in [1.29, 1.82) is 5.26 Å². The fourth-order valence-corrected chi connectivity index (χ4v) is 2.66. The maximum atomic E-state index is 10.8. The number of benzene rings is 2. The second-order valence-electron chi connectivity index (χ2n) is 6.03. The van der Waals surface area contributed by atoms with E-state index in [4.69, 9.17) is 19.5 Å². The van der Waals surface area contributed by atoms with Gasteiger partial charge in [-0.3, -0.25) is 4.79 Å². The van der Waals surface area contributed by atoms with E-state index in [-0.39, 0.29) is 6.42 Å². The molecule has 136 valence electrons. The monoisotopic (exact) mass is 362 g/mol. The number of nitrogens with zero attached hydrogens (tertiary/aromatic N) is 2. The molecule has 3 aromatic rings. The number of ether oxygens (including phenoxy) is 1. The van der Waals surface area contributed by atoms with Crippen molar-refractivity contribution in [2.24, 2.45) is 0 Å². The number of carboxylic acid groups (broad SMARTS) is 1. The Morgan fingerprint density at radius 2 is 2.04 bits per heavy atom. The molecule has 0 radical (unpaired) electrons. The number of aromatic nitrogens is 1. The van der Waals surface area contributed by atoms with Gasteiger partial charge in [-0.2, -0.15) is 5.26 Å². The zero-order valence-electron chi connectivity index (χ0n) is 14.8. The van der Waals surface area contributed by atoms with Gasteiger partial charge in [0, 0.05) is 12.0 Å². The van der Waals surface area contributed by atoms with Gasteiger partial charge in [-0.15, -0.1) is 0 Å². The Kier molecular flexibility index (Phi) is 5.53. The van der Waals surface area contributed by atoms with Crippen molar-refractivity contribution in [2.45, 2.75) is 19.8 Å². The summed E-state index contributed by atoms with van der Waals surface area (Å²) in [5, 5.41) is 17.7. The molecule has 0 aliphatic rings. The minimum absolute atomic E-state index is 0.0342. The lowest BCUT2D eigenvalue weighted by Crippen LogP contribution is -2.04. The van der Waals surface area contributed by atoms with Crippen molar-refractivity contribution >= 4 is 5.97 Å². The van der Waals surface area contributed by atoms with Crippen LogP contribution in [-0.4, -0.2) is 22.7 Å². The summed E-state index contributed by atoms with van der Waals surface area (Å²) >= 11 is 0. The number of aryl methyl sites for hydroxylation is 1. The number of aliphatic carboxylic acids is 1. The molecule has 2 aromatic carbocycles. The molecule has 1 heterocycles. The quantitative estimate of drug-likeness (QED) is 0.687. The number of hydrogen-bond acceptors (Lipinski definition) is 5. The molecule has 1 N–H and O–H groups in total. The molecule has 0 amide bonds. The molecule has 0 saturated heterocycles. The third kappa shape index (κ3) is 4.73. The van der Waals surface area contributed by atoms with Gasteiger partial charge >= 0.3 is 5.97 Å². The maximum absolute atomic E-state index is 10.8. The summed E-state index contributed by atoms with van der Waals surface area (Å²) in [6.45, 7) is 2.25. The third-order valence-electron chi connectivity index (χ3n) is 4.02. The second kappa shape index (κ2) is 8.19. The summed E-state index contributed by atoms with van der Waals surface area (Å²) in [5.74, 6) is 0.982. The largest absolute Gasteiger partial charge is 0.493 e. The van der Waals surface area contributed by atoms with Gasteiger partial charge in [-0.25, -0.2) is 4.98 Å². The van der Waals surface area contributed by atoms with Crippen LogP contribution in [0, 0.1) is 18.3 Å². The Morgan fingerprint density at radius 1 is 1.26 bits per heavy atom. The Balaban J connectivity index is 1.62. The Hall–Kier alpha value is -3.59. The van der Waals surface area contributed by atoms with E-state index >= 15 is 0 Å². The molecule has 6 heteroatoms. The minimum Gasteiger partial charge on any atom is -0.493 e. The van der Waals surface area contributed by atoms with Gasteiger partial charge in [0.1, 0.15) is 11.5 Å². The minimum atomic E-state index is -0.874. The molecular weight excluding hydrogens is 344 g/mol. The fourth-order valence-electron chi connectivity index (χ4n) is 2.66. The smallest absolute Gasteiger partial charge is 0.307 e. The van der Waals surface area contributed by atoms with Crippen LogP contribution >= 0.6 is 0 Å². The van der Waals surface area contributed by atoms with Crippen LogP contribution in [0.2, 0.25) is 0 Å². The van der Waals surface area contributed by atoms with Gasteiger partial charge in [0.2, 0.25) is 5.89 Å². The number of carbonyl (C=O) groups is 1. The molecule has 3 rings (SSSR count). The molecule has 0 bridgehead atoms. The van der Waals surface area contributed by atoms with E-state index in [1.807, 2.05) is 6.92 Å². The van der Waals surface area contributed by atoms with E-state index in [1.165, 1.54) is 0 Å². The summed E-state index contributed by atoms with van der Waals surface area (Å²) in [6.07, 6.45) is 0.530. The zero-order chi connectivity index (χ0) is 19.2. The lowest BCUT2D eigenvalue weighted by Gasteiger charge is -2.06. The van der Waals surface area contributed by atoms with E-state index in [1.54, 1.807) is 48.5 Å². The summed E-state index contributed by atoms with van der Waals surface area (Å²) in [5.41, 5.74) is 2.89. The predicted octanol–water partition coefficient (Wildman–Crippen LogP) is 3.77. The van der Waals surface area contributed by atoms with Crippen molar-refractivity contribution in [2.75, 3.05) is 6.61 Å². The number of rotatable bonds is 7. The highest BCUT2D eigenvalue weighted by Crippen LogP contribution is 2.23. The average Bonchev–Trinajstić information content (AvgIpc) is 3.02. The van der Waals surface area contributed by atoms with Crippen molar-refractivity contribution < 1.29 is 19.1 Å². The van der Waals surface area contributed by atoms with Crippen LogP contribution < -0.4 is 4.74 Å². The SMILES string of the molecule is Cc1oc(-c2ccc(C#N)cc2)nc1CCOc1cccc(CC(=O)O)c1. The Bertz CT molecular complexity index is 984. The third-order valence-corrected chi connectivity index (χ3v) is 4.02. The highest BCUT2D eigenvalue weighted by atomic mass is 16.5. The maximum Gasteiger partial charge on any atom is 0.307 e. The Morgan fingerprint density at radius 3 is 2.74 bits per heavy atom. The standard InChI is InChI=1S/C21H18N2O4/c1-14-19(23-21(27-14)17-7-5-15(13-22)6-8-17)9-10-26-18-4-2-3-16(11-18)12-20(24)25/h2-8,11H,9-10,12H2,1H3,(H,24,25). The van der Waals surface area contributed by atoms with E-state index in [2.05, 4.69) is 11.1 Å². The normalized spacial score (nSPS) is 10.4. The topological polar surface area (TPSA) is 96.4 Å². The first-order valence-electron chi connectivity index (χ1n) is 8.45. The van der Waals surface area contributed by atoms with E-state index in [0.717, 1.165) is 17.0 Å². The average molecular weight is 362 g/mol. The van der Waals surface area contributed by atoms with Crippen LogP contribution in [0.1, 0.15) is 22.6 Å². The van der Waals surface area contributed by atoms with Crippen LogP contribution in [0.4, 0.5) is 0 Å². The van der Waals surface area contributed by atoms with Gasteiger partial charge in [-0.05, 0) is 48.9 Å². The summed E-state index contributed by atoms with van der Waals surface area (Å²) in [7, 11) is 0. The van der Waals surface area contributed by atoms with Crippen LogP contribution in [0.15, 0.2) is 52.9 Å². The van der Waals surface area contributed by atoms with Crippen LogP contribution in [0.3, 0.4) is 0 Å². The van der Waals surface area contributed by atoms with E-state index in [9.17, 15) is 4.79 Å². The van der Waals surface area contributed by atoms with Crippen LogP contribution in [0.25, 0.3) is 11.5 Å². The first-order chi connectivity index (χ1) is 13.0. The van der Waals surface area contributed by atoms with Crippen molar-refractivity contribution in [3.63, 3.8) is 0 Å². The Labute approximate surface area is 156 Å². The molecule has 0 fully saturated rings. The molecule has 1 aromatic heterocycles. The van der Waals surface area contributed by atoms with Gasteiger partial charge in [-0.1, -0.05) is 12.1 Å². The molecule has 27 heavy (non-hydrogen) atoms. The number of hydrogen-bond donors (Lipinski definition) is 1. The van der Waals surface area contributed by atoms with Crippen molar-refractivity contribution in [3.8, 4) is 23.3 Å². The summed E-state index contributed by atoms with van der Waals surface area (Å²) < 4.78 is 11.4. The zero-order valence-corrected chi connectivity index (χ0v) is 14.8. The van der Waals surface area contributed by atoms with Gasteiger partial charge in [0.25, 0.3) is 0 Å². The number of carboxylic acids is 1. The summed E-state index contributed by atoms with van der Waals surface area (Å²) in [6, 6.07) is 16.2. The van der Waals surface area contributed by atoms with Gasteiger partial charge in [0.15, 0.2) is 0 Å². The fraction of sp³-hybridized carbons (Fsp3) is 0.190. The lowest BCUT2D eigenvalue weighted by atomic mass is 10.1. The molecule has 0 atom stereocenters. The first kappa shape index (κ1) is 18.2. The van der Waals surface area contributed by atoms with E-state index < -0.39 is 5.97 Å². The molecule has 0 saturated carbocycles. The molecular formula is C21H18N2O4. The molecule has 0 aliphatic heterocycles. The first-order valence-corrected chi connectivity index (χ1v) is 8.45. The molecule has 0 unspecified atom stereocenters. The molecule has 6 nitrogen and oxygen atoms in total. The lowest BCUT2D eigenvalue weighted by molar-refractivity contribution is -0.136. The second-order valence-corrected chi connectivity index (χ2v) is 6.03. The van der Waals surface area contributed by atoms with Crippen LogP contribution in [-0.2, 0) is 17.6 Å².